The second kappa shape index (κ2) is 10.1. The third-order valence-electron chi connectivity index (χ3n) is 2.73. The maximum atomic E-state index is 11.3. The Labute approximate surface area is 132 Å². The molecule has 2 N–H and O–H groups in total. The number of esters is 1. The van der Waals surface area contributed by atoms with E-state index < -0.39 is 23.8 Å². The molecule has 9 nitrogen and oxygen atoms in total. The van der Waals surface area contributed by atoms with Crippen LogP contribution in [-0.2, 0) is 14.3 Å². The van der Waals surface area contributed by atoms with E-state index in [1.54, 1.807) is 0 Å². The van der Waals surface area contributed by atoms with Gasteiger partial charge in [-0.2, -0.15) is 0 Å². The molecular weight excluding hydrogens is 308 g/mol. The molecule has 0 bridgehead atoms. The molecule has 0 fully saturated rings. The number of hydrogen-bond donors (Lipinski definition) is 1. The Balaban J connectivity index is 2.21. The van der Waals surface area contributed by atoms with Gasteiger partial charge in [0, 0.05) is 18.6 Å². The number of hydrogen-bond acceptors (Lipinski definition) is 8. The molecule has 0 heterocycles. The van der Waals surface area contributed by atoms with Crippen molar-refractivity contribution >= 4 is 17.8 Å². The number of unbranched alkanes of at least 4 members (excludes halogenated alkanes) is 2. The van der Waals surface area contributed by atoms with Crippen LogP contribution in [0.3, 0.4) is 0 Å². The van der Waals surface area contributed by atoms with E-state index in [0.29, 0.717) is 13.0 Å². The lowest BCUT2D eigenvalue weighted by molar-refractivity contribution is -0.384. The fourth-order valence-corrected chi connectivity index (χ4v) is 1.57. The number of non-ortho nitro benzene ring substituents is 1. The number of nitro groups is 1. The number of nitrogens with two attached hydrogens (primary N) is 1. The van der Waals surface area contributed by atoms with Crippen molar-refractivity contribution in [3.63, 3.8) is 0 Å². The van der Waals surface area contributed by atoms with Crippen LogP contribution in [-0.4, -0.2) is 30.4 Å². The van der Waals surface area contributed by atoms with Gasteiger partial charge in [-0.25, -0.2) is 4.79 Å². The predicted molar refractivity (Wildman–Crippen MR) is 78.7 cm³/mol. The van der Waals surface area contributed by atoms with Gasteiger partial charge in [0.2, 0.25) is 6.79 Å². The van der Waals surface area contributed by atoms with E-state index in [9.17, 15) is 19.7 Å². The zero-order chi connectivity index (χ0) is 17.1. The molecule has 0 amide bonds. The van der Waals surface area contributed by atoms with Gasteiger partial charge in [0.05, 0.1) is 4.92 Å². The first-order valence-electron chi connectivity index (χ1n) is 6.97. The molecule has 0 aliphatic heterocycles. The summed E-state index contributed by atoms with van der Waals surface area (Å²) in [6, 6.07) is 4.87. The van der Waals surface area contributed by atoms with Crippen LogP contribution in [0.15, 0.2) is 24.3 Å². The average molecular weight is 326 g/mol. The molecule has 1 rings (SSSR count). The molecule has 0 aliphatic rings. The summed E-state index contributed by atoms with van der Waals surface area (Å²) in [4.78, 5) is 32.5. The van der Waals surface area contributed by atoms with Gasteiger partial charge in [0.25, 0.3) is 5.69 Å². The Kier molecular flexibility index (Phi) is 8.08. The molecule has 0 saturated carbocycles. The summed E-state index contributed by atoms with van der Waals surface area (Å²) in [5.41, 5.74) is 5.19. The minimum absolute atomic E-state index is 0.0775. The zero-order valence-electron chi connectivity index (χ0n) is 12.4. The summed E-state index contributed by atoms with van der Waals surface area (Å²) < 4.78 is 14.0. The molecule has 126 valence electrons. The van der Waals surface area contributed by atoms with Gasteiger partial charge in [0.15, 0.2) is 0 Å². The van der Waals surface area contributed by atoms with Crippen molar-refractivity contribution in [1.29, 1.82) is 0 Å². The Hall–Kier alpha value is -2.68. The van der Waals surface area contributed by atoms with Gasteiger partial charge in [0.1, 0.15) is 5.75 Å². The van der Waals surface area contributed by atoms with Crippen LogP contribution in [0, 0.1) is 10.1 Å². The predicted octanol–water partition coefficient (Wildman–Crippen LogP) is 2.13. The topological polar surface area (TPSA) is 131 Å². The molecule has 0 saturated heterocycles. The number of carbonyl (C=O) groups is 2. The lowest BCUT2D eigenvalue weighted by atomic mass is 10.2. The summed E-state index contributed by atoms with van der Waals surface area (Å²) in [5, 5.41) is 10.5. The van der Waals surface area contributed by atoms with E-state index in [2.05, 4.69) is 4.74 Å². The van der Waals surface area contributed by atoms with Crippen LogP contribution in [0.4, 0.5) is 10.5 Å². The Morgan fingerprint density at radius 1 is 1.09 bits per heavy atom. The quantitative estimate of drug-likeness (QED) is 0.182. The van der Waals surface area contributed by atoms with Crippen LogP contribution in [0.2, 0.25) is 0 Å². The average Bonchev–Trinajstić information content (AvgIpc) is 2.52. The number of benzene rings is 1. The van der Waals surface area contributed by atoms with E-state index >= 15 is 0 Å². The van der Waals surface area contributed by atoms with Gasteiger partial charge in [-0.3, -0.25) is 14.9 Å². The van der Waals surface area contributed by atoms with Crippen molar-refractivity contribution in [2.75, 3.05) is 13.3 Å². The first kappa shape index (κ1) is 18.4. The van der Waals surface area contributed by atoms with Crippen molar-refractivity contribution in [1.82, 2.24) is 0 Å². The molecule has 0 unspecified atom stereocenters. The highest BCUT2D eigenvalue weighted by Gasteiger charge is 2.10. The minimum Gasteiger partial charge on any atom is -0.428 e. The Morgan fingerprint density at radius 3 is 2.39 bits per heavy atom. The summed E-state index contributed by atoms with van der Waals surface area (Å²) in [7, 11) is 0. The Bertz CT molecular complexity index is 530. The van der Waals surface area contributed by atoms with E-state index in [1.807, 2.05) is 0 Å². The van der Waals surface area contributed by atoms with E-state index in [-0.39, 0.29) is 17.9 Å². The van der Waals surface area contributed by atoms with Gasteiger partial charge in [-0.15, -0.1) is 0 Å². The SMILES string of the molecule is NCCCCCC(=O)OCOC(=O)Oc1ccc([N+](=O)[O-])cc1. The highest BCUT2D eigenvalue weighted by Crippen LogP contribution is 2.17. The second-order valence-electron chi connectivity index (χ2n) is 4.48. The van der Waals surface area contributed by atoms with Crippen LogP contribution in [0.5, 0.6) is 5.75 Å². The van der Waals surface area contributed by atoms with Gasteiger partial charge in [-0.1, -0.05) is 6.42 Å². The van der Waals surface area contributed by atoms with Gasteiger partial charge < -0.3 is 19.9 Å². The summed E-state index contributed by atoms with van der Waals surface area (Å²) >= 11 is 0. The molecule has 0 spiro atoms. The van der Waals surface area contributed by atoms with E-state index in [0.717, 1.165) is 12.8 Å². The van der Waals surface area contributed by atoms with Crippen LogP contribution >= 0.6 is 0 Å². The van der Waals surface area contributed by atoms with Crippen LogP contribution in [0.25, 0.3) is 0 Å². The number of carbonyl (C=O) groups excluding carboxylic acids is 2. The molecule has 1 aromatic rings. The largest absolute Gasteiger partial charge is 0.516 e. The maximum Gasteiger partial charge on any atom is 0.516 e. The van der Waals surface area contributed by atoms with Crippen molar-refractivity contribution in [3.8, 4) is 5.75 Å². The lowest BCUT2D eigenvalue weighted by Gasteiger charge is -2.06. The monoisotopic (exact) mass is 326 g/mol. The fraction of sp³-hybridized carbons (Fsp3) is 0.429. The van der Waals surface area contributed by atoms with Gasteiger partial charge >= 0.3 is 12.1 Å². The van der Waals surface area contributed by atoms with Crippen molar-refractivity contribution < 1.29 is 28.7 Å². The van der Waals surface area contributed by atoms with Crippen molar-refractivity contribution in [3.05, 3.63) is 34.4 Å². The highest BCUT2D eigenvalue weighted by molar-refractivity contribution is 5.69. The van der Waals surface area contributed by atoms with E-state index in [1.165, 1.54) is 24.3 Å². The highest BCUT2D eigenvalue weighted by atomic mass is 16.8. The lowest BCUT2D eigenvalue weighted by Crippen LogP contribution is -2.15. The third kappa shape index (κ3) is 7.77. The molecule has 0 radical (unpaired) electrons. The summed E-state index contributed by atoms with van der Waals surface area (Å²) in [6.07, 6.45) is 1.47. The normalized spacial score (nSPS) is 9.96. The Morgan fingerprint density at radius 2 is 1.78 bits per heavy atom. The first-order valence-corrected chi connectivity index (χ1v) is 6.97. The smallest absolute Gasteiger partial charge is 0.428 e. The molecule has 0 atom stereocenters. The number of ether oxygens (including phenoxy) is 3. The molecular formula is C14H18N2O7. The first-order chi connectivity index (χ1) is 11.0. The number of nitro benzene ring substituents is 1. The summed E-state index contributed by atoms with van der Waals surface area (Å²) in [6.45, 7) is 0.0220. The fourth-order valence-electron chi connectivity index (χ4n) is 1.57. The molecule has 23 heavy (non-hydrogen) atoms. The standard InChI is InChI=1S/C14H18N2O7/c15-9-3-1-2-4-13(17)21-10-22-14(18)23-12-7-5-11(6-8-12)16(19)20/h5-8H,1-4,9-10,15H2. The summed E-state index contributed by atoms with van der Waals surface area (Å²) in [5.74, 6) is -0.404. The third-order valence-corrected chi connectivity index (χ3v) is 2.73. The van der Waals surface area contributed by atoms with Crippen molar-refractivity contribution in [2.45, 2.75) is 25.7 Å². The molecule has 0 aliphatic carbocycles. The number of nitrogens with zero attached hydrogens (tertiary/aromatic N) is 1. The maximum absolute atomic E-state index is 11.3. The van der Waals surface area contributed by atoms with Crippen LogP contribution in [0.1, 0.15) is 25.7 Å². The van der Waals surface area contributed by atoms with Gasteiger partial charge in [-0.05, 0) is 31.5 Å². The molecule has 1 aromatic carbocycles. The van der Waals surface area contributed by atoms with E-state index in [4.69, 9.17) is 15.2 Å². The van der Waals surface area contributed by atoms with Crippen molar-refractivity contribution in [2.24, 2.45) is 5.73 Å². The molecule has 9 heteroatoms. The number of rotatable bonds is 9. The minimum atomic E-state index is -1.07. The second-order valence-corrected chi connectivity index (χ2v) is 4.48. The molecule has 0 aromatic heterocycles. The van der Waals surface area contributed by atoms with Crippen LogP contribution < -0.4 is 10.5 Å². The zero-order valence-corrected chi connectivity index (χ0v) is 12.4.